The highest BCUT2D eigenvalue weighted by atomic mass is 32.2. The first-order valence-corrected chi connectivity index (χ1v) is 12.0. The van der Waals surface area contributed by atoms with Crippen LogP contribution in [0.15, 0.2) is 63.9 Å². The van der Waals surface area contributed by atoms with Crippen molar-refractivity contribution in [3.05, 3.63) is 66.1 Å². The van der Waals surface area contributed by atoms with Crippen LogP contribution in [0, 0.1) is 6.92 Å². The number of hydrogen-bond acceptors (Lipinski definition) is 5. The molecule has 3 rings (SSSR count). The van der Waals surface area contributed by atoms with Gasteiger partial charge in [0.25, 0.3) is 0 Å². The zero-order valence-corrected chi connectivity index (χ0v) is 19.8. The number of aryl methyl sites for hydroxylation is 1. The molecule has 0 aliphatic rings. The number of carbonyl (C=O) groups excluding carboxylic acids is 1. The van der Waals surface area contributed by atoms with Crippen molar-refractivity contribution in [3.63, 3.8) is 0 Å². The lowest BCUT2D eigenvalue weighted by atomic mass is 10.1. The highest BCUT2D eigenvalue weighted by Crippen LogP contribution is 2.27. The van der Waals surface area contributed by atoms with Crippen LogP contribution in [0.3, 0.4) is 0 Å². The van der Waals surface area contributed by atoms with Crippen molar-refractivity contribution in [1.82, 2.24) is 9.21 Å². The Morgan fingerprint density at radius 2 is 1.78 bits per heavy atom. The normalized spacial score (nSPS) is 12.1. The van der Waals surface area contributed by atoms with Crippen LogP contribution in [0.4, 0.5) is 0 Å². The van der Waals surface area contributed by atoms with Crippen LogP contribution in [0.25, 0.3) is 10.8 Å². The Kier molecular flexibility index (Phi) is 7.71. The molecule has 32 heavy (non-hydrogen) atoms. The Morgan fingerprint density at radius 3 is 2.44 bits per heavy atom. The number of fused-ring (bicyclic) bond motifs is 1. The molecule has 0 aliphatic carbocycles. The summed E-state index contributed by atoms with van der Waals surface area (Å²) >= 11 is 0. The number of furan rings is 1. The maximum Gasteiger partial charge on any atom is 0.244 e. The van der Waals surface area contributed by atoms with E-state index in [1.807, 2.05) is 43.3 Å². The van der Waals surface area contributed by atoms with Gasteiger partial charge in [-0.15, -0.1) is 0 Å². The molecular weight excluding hydrogens is 428 g/mol. The van der Waals surface area contributed by atoms with Crippen LogP contribution in [0.1, 0.15) is 25.4 Å². The van der Waals surface area contributed by atoms with Gasteiger partial charge in [-0.25, -0.2) is 8.42 Å². The minimum absolute atomic E-state index is 0.196. The van der Waals surface area contributed by atoms with Crippen LogP contribution in [-0.4, -0.2) is 56.4 Å². The molecule has 0 saturated carbocycles. The van der Waals surface area contributed by atoms with Gasteiger partial charge in [-0.05, 0) is 44.4 Å². The zero-order chi connectivity index (χ0) is 23.3. The Labute approximate surface area is 189 Å². The molecule has 0 saturated heterocycles. The van der Waals surface area contributed by atoms with Crippen molar-refractivity contribution in [2.75, 3.05) is 26.8 Å². The minimum Gasteiger partial charge on any atom is -0.464 e. The smallest absolute Gasteiger partial charge is 0.244 e. The Balaban J connectivity index is 1.90. The van der Waals surface area contributed by atoms with Crippen molar-refractivity contribution in [2.24, 2.45) is 0 Å². The number of nitrogens with zero attached hydrogens (tertiary/aromatic N) is 2. The van der Waals surface area contributed by atoms with Gasteiger partial charge in [0.15, 0.2) is 0 Å². The third-order valence-electron chi connectivity index (χ3n) is 5.26. The van der Waals surface area contributed by atoms with Crippen LogP contribution >= 0.6 is 0 Å². The first-order chi connectivity index (χ1) is 15.2. The van der Waals surface area contributed by atoms with E-state index in [0.717, 1.165) is 11.1 Å². The number of hydrogen-bond donors (Lipinski definition) is 0. The van der Waals surface area contributed by atoms with Crippen LogP contribution in [0.5, 0.6) is 0 Å². The topological polar surface area (TPSA) is 80.1 Å². The van der Waals surface area contributed by atoms with Crippen LogP contribution in [-0.2, 0) is 26.1 Å². The molecule has 1 amide bonds. The molecule has 172 valence electrons. The number of ether oxygens (including phenoxy) is 1. The second-order valence-electron chi connectivity index (χ2n) is 7.94. The Morgan fingerprint density at radius 1 is 1.06 bits per heavy atom. The van der Waals surface area contributed by atoms with Crippen LogP contribution < -0.4 is 0 Å². The number of methoxy groups -OCH3 is 1. The summed E-state index contributed by atoms with van der Waals surface area (Å²) in [6.07, 6.45) is 0. The van der Waals surface area contributed by atoms with Gasteiger partial charge in [0.2, 0.25) is 15.9 Å². The summed E-state index contributed by atoms with van der Waals surface area (Å²) in [5, 5.41) is 1.47. The van der Waals surface area contributed by atoms with E-state index in [1.54, 1.807) is 44.1 Å². The lowest BCUT2D eigenvalue weighted by Crippen LogP contribution is -2.46. The third-order valence-corrected chi connectivity index (χ3v) is 7.34. The fraction of sp³-hybridized carbons (Fsp3) is 0.375. The molecule has 1 heterocycles. The van der Waals surface area contributed by atoms with Gasteiger partial charge in [0.1, 0.15) is 11.5 Å². The monoisotopic (exact) mass is 458 g/mol. The van der Waals surface area contributed by atoms with Gasteiger partial charge in [-0.1, -0.05) is 36.4 Å². The van der Waals surface area contributed by atoms with Gasteiger partial charge >= 0.3 is 0 Å². The second kappa shape index (κ2) is 10.3. The lowest BCUT2D eigenvalue weighted by Gasteiger charge is -2.29. The van der Waals surface area contributed by atoms with E-state index in [1.165, 1.54) is 4.31 Å². The first-order valence-electron chi connectivity index (χ1n) is 10.6. The third kappa shape index (κ3) is 5.38. The number of sulfonamides is 1. The summed E-state index contributed by atoms with van der Waals surface area (Å²) in [5.41, 5.74) is 0. The quantitative estimate of drug-likeness (QED) is 0.461. The largest absolute Gasteiger partial charge is 0.464 e. The fourth-order valence-corrected chi connectivity index (χ4v) is 5.38. The summed E-state index contributed by atoms with van der Waals surface area (Å²) in [7, 11) is -2.35. The number of amides is 1. The van der Waals surface area contributed by atoms with E-state index in [0.29, 0.717) is 24.3 Å². The van der Waals surface area contributed by atoms with Crippen molar-refractivity contribution < 1.29 is 22.4 Å². The van der Waals surface area contributed by atoms with Gasteiger partial charge in [0.05, 0.1) is 24.6 Å². The molecule has 0 bridgehead atoms. The zero-order valence-electron chi connectivity index (χ0n) is 18.9. The molecule has 0 unspecified atom stereocenters. The molecular formula is C24H30N2O5S. The highest BCUT2D eigenvalue weighted by Gasteiger charge is 2.32. The van der Waals surface area contributed by atoms with E-state index in [2.05, 4.69) is 0 Å². The Bertz CT molecular complexity index is 1160. The average molecular weight is 459 g/mol. The number of rotatable bonds is 10. The molecule has 0 radical (unpaired) electrons. The van der Waals surface area contributed by atoms with Crippen molar-refractivity contribution in [2.45, 2.75) is 38.3 Å². The predicted molar refractivity (Wildman–Crippen MR) is 124 cm³/mol. The predicted octanol–water partition coefficient (Wildman–Crippen LogP) is 3.82. The summed E-state index contributed by atoms with van der Waals surface area (Å²) in [6.45, 7) is 6.01. The lowest BCUT2D eigenvalue weighted by molar-refractivity contribution is -0.133. The minimum atomic E-state index is -3.91. The SMILES string of the molecule is COCCN(Cc1ccc(C)o1)C(=O)CN(C(C)C)S(=O)(=O)c1cccc2ccccc12. The van der Waals surface area contributed by atoms with Gasteiger partial charge in [-0.3, -0.25) is 4.79 Å². The summed E-state index contributed by atoms with van der Waals surface area (Å²) in [5.74, 6) is 1.08. The summed E-state index contributed by atoms with van der Waals surface area (Å²) in [6, 6.07) is 15.8. The molecule has 0 aliphatic heterocycles. The van der Waals surface area contributed by atoms with E-state index >= 15 is 0 Å². The average Bonchev–Trinajstić information content (AvgIpc) is 3.18. The van der Waals surface area contributed by atoms with Crippen molar-refractivity contribution >= 4 is 26.7 Å². The van der Waals surface area contributed by atoms with Crippen LogP contribution in [0.2, 0.25) is 0 Å². The molecule has 3 aromatic rings. The van der Waals surface area contributed by atoms with E-state index in [9.17, 15) is 13.2 Å². The van der Waals surface area contributed by atoms with Crippen molar-refractivity contribution in [3.8, 4) is 0 Å². The molecule has 0 spiro atoms. The summed E-state index contributed by atoms with van der Waals surface area (Å²) < 4.78 is 39.3. The molecule has 0 N–H and O–H groups in total. The molecule has 1 aromatic heterocycles. The van der Waals surface area contributed by atoms with Gasteiger partial charge < -0.3 is 14.1 Å². The molecule has 0 fully saturated rings. The maximum atomic E-state index is 13.6. The van der Waals surface area contributed by atoms with Crippen molar-refractivity contribution in [1.29, 1.82) is 0 Å². The number of benzene rings is 2. The van der Waals surface area contributed by atoms with E-state index in [-0.39, 0.29) is 23.9 Å². The van der Waals surface area contributed by atoms with Gasteiger partial charge in [-0.2, -0.15) is 4.31 Å². The Hall–Kier alpha value is -2.68. The number of carbonyl (C=O) groups is 1. The van der Waals surface area contributed by atoms with Gasteiger partial charge in [0, 0.05) is 25.1 Å². The standard InChI is InChI=1S/C24H30N2O5S/c1-18(2)26(32(28,29)23-11-7-9-20-8-5-6-10-22(20)23)17-24(27)25(14-15-30-4)16-21-13-12-19(3)31-21/h5-13,18H,14-17H2,1-4H3. The maximum absolute atomic E-state index is 13.6. The molecule has 7 nitrogen and oxygen atoms in total. The molecule has 2 aromatic carbocycles. The first kappa shape index (κ1) is 24.0. The molecule has 8 heteroatoms. The fourth-order valence-electron chi connectivity index (χ4n) is 3.58. The summed E-state index contributed by atoms with van der Waals surface area (Å²) in [4.78, 5) is 15.0. The second-order valence-corrected chi connectivity index (χ2v) is 9.80. The van der Waals surface area contributed by atoms with E-state index in [4.69, 9.17) is 9.15 Å². The molecule has 0 atom stereocenters. The van der Waals surface area contributed by atoms with E-state index < -0.39 is 16.1 Å². The highest BCUT2D eigenvalue weighted by molar-refractivity contribution is 7.89.